The molecule has 1 N–H and O–H groups in total. The summed E-state index contributed by atoms with van der Waals surface area (Å²) in [6, 6.07) is 0. The minimum atomic E-state index is -0.498. The third kappa shape index (κ3) is 4.27. The van der Waals surface area contributed by atoms with Crippen molar-refractivity contribution in [1.29, 1.82) is 0 Å². The average molecular weight is 309 g/mol. The van der Waals surface area contributed by atoms with E-state index in [1.807, 2.05) is 0 Å². The van der Waals surface area contributed by atoms with Crippen molar-refractivity contribution in [1.82, 2.24) is 20.0 Å². The molecule has 2 rings (SSSR count). The van der Waals surface area contributed by atoms with Crippen molar-refractivity contribution >= 4 is 11.6 Å². The summed E-state index contributed by atoms with van der Waals surface area (Å²) in [4.78, 5) is 24.4. The summed E-state index contributed by atoms with van der Waals surface area (Å²) in [5, 5.41) is 17.4. The molecule has 1 aromatic rings. The van der Waals surface area contributed by atoms with Gasteiger partial charge in [0.05, 0.1) is 4.92 Å². The van der Waals surface area contributed by atoms with Gasteiger partial charge in [-0.25, -0.2) is 0 Å². The first kappa shape index (κ1) is 16.4. The molecular formula is C14H23N5O3. The van der Waals surface area contributed by atoms with Crippen LogP contribution in [0.3, 0.4) is 0 Å². The number of carbonyl (C=O) groups excluding carboxylic acids is 1. The van der Waals surface area contributed by atoms with Gasteiger partial charge in [0.2, 0.25) is 5.91 Å². The predicted octanol–water partition coefficient (Wildman–Crippen LogP) is 1.17. The Morgan fingerprint density at radius 1 is 1.45 bits per heavy atom. The number of nitrogens with one attached hydrogen (secondary N) is 1. The lowest BCUT2D eigenvalue weighted by atomic mass is 10.0. The zero-order chi connectivity index (χ0) is 16.2. The number of nitro groups is 1. The molecule has 0 radical (unpaired) electrons. The number of nitrogens with zero attached hydrogens (tertiary/aromatic N) is 4. The molecular weight excluding hydrogens is 286 g/mol. The van der Waals surface area contributed by atoms with Crippen LogP contribution in [-0.2, 0) is 11.3 Å². The van der Waals surface area contributed by atoms with E-state index >= 15 is 0 Å². The molecule has 1 saturated heterocycles. The van der Waals surface area contributed by atoms with Crippen molar-refractivity contribution < 1.29 is 9.72 Å². The van der Waals surface area contributed by atoms with Gasteiger partial charge in [-0.3, -0.25) is 24.5 Å². The van der Waals surface area contributed by atoms with Crippen LogP contribution in [0.4, 0.5) is 5.69 Å². The van der Waals surface area contributed by atoms with E-state index in [-0.39, 0.29) is 23.6 Å². The molecule has 1 aliphatic heterocycles. The van der Waals surface area contributed by atoms with Crippen LogP contribution in [0.2, 0.25) is 0 Å². The highest BCUT2D eigenvalue weighted by atomic mass is 16.6. The molecule has 0 aliphatic carbocycles. The van der Waals surface area contributed by atoms with E-state index in [9.17, 15) is 14.9 Å². The first-order valence-corrected chi connectivity index (χ1v) is 7.57. The highest BCUT2D eigenvalue weighted by Crippen LogP contribution is 2.20. The number of rotatable bonds is 7. The number of likely N-dealkylation sites (tertiary alicyclic amines) is 1. The maximum atomic E-state index is 11.9. The van der Waals surface area contributed by atoms with E-state index in [0.717, 1.165) is 13.1 Å². The number of hydrogen-bond donors (Lipinski definition) is 1. The molecule has 1 amide bonds. The normalized spacial score (nSPS) is 15.9. The number of carbonyl (C=O) groups is 1. The van der Waals surface area contributed by atoms with Crippen LogP contribution in [0.5, 0.6) is 0 Å². The summed E-state index contributed by atoms with van der Waals surface area (Å²) < 4.78 is 1.42. The molecule has 1 aromatic heterocycles. The van der Waals surface area contributed by atoms with Crippen LogP contribution in [0.1, 0.15) is 33.1 Å². The zero-order valence-corrected chi connectivity index (χ0v) is 13.1. The molecule has 1 fully saturated rings. The fraction of sp³-hybridized carbons (Fsp3) is 0.714. The molecule has 0 bridgehead atoms. The minimum absolute atomic E-state index is 0.0450. The largest absolute Gasteiger partial charge is 0.354 e. The van der Waals surface area contributed by atoms with Crippen molar-refractivity contribution in [2.75, 3.05) is 19.6 Å². The quantitative estimate of drug-likeness (QED) is 0.603. The summed E-state index contributed by atoms with van der Waals surface area (Å²) in [7, 11) is 0. The Hall–Kier alpha value is -1.96. The summed E-state index contributed by atoms with van der Waals surface area (Å²) in [6.45, 7) is 7.37. The highest BCUT2D eigenvalue weighted by Gasteiger charge is 2.29. The molecule has 1 aliphatic rings. The predicted molar refractivity (Wildman–Crippen MR) is 81.4 cm³/mol. The maximum absolute atomic E-state index is 11.9. The topological polar surface area (TPSA) is 93.3 Å². The smallest absolute Gasteiger partial charge is 0.306 e. The number of hydrogen-bond acceptors (Lipinski definition) is 5. The Morgan fingerprint density at radius 2 is 2.14 bits per heavy atom. The SMILES string of the molecule is CC(C)(CNC(=O)CCn1cc([N+](=O)[O-])cn1)N1CCCC1. The summed E-state index contributed by atoms with van der Waals surface area (Å²) in [5.41, 5.74) is -0.105. The van der Waals surface area contributed by atoms with E-state index in [4.69, 9.17) is 0 Å². The van der Waals surface area contributed by atoms with E-state index in [0.29, 0.717) is 13.1 Å². The lowest BCUT2D eigenvalue weighted by Crippen LogP contribution is -2.50. The van der Waals surface area contributed by atoms with Crippen molar-refractivity contribution in [3.05, 3.63) is 22.5 Å². The van der Waals surface area contributed by atoms with E-state index in [1.165, 1.54) is 29.9 Å². The van der Waals surface area contributed by atoms with Gasteiger partial charge in [-0.05, 0) is 39.8 Å². The van der Waals surface area contributed by atoms with E-state index in [1.54, 1.807) is 0 Å². The molecule has 0 atom stereocenters. The van der Waals surface area contributed by atoms with Crippen molar-refractivity contribution in [3.63, 3.8) is 0 Å². The second-order valence-electron chi connectivity index (χ2n) is 6.25. The molecule has 22 heavy (non-hydrogen) atoms. The van der Waals surface area contributed by atoms with Gasteiger partial charge in [0.25, 0.3) is 0 Å². The van der Waals surface area contributed by atoms with Crippen LogP contribution in [-0.4, -0.2) is 50.7 Å². The van der Waals surface area contributed by atoms with E-state index in [2.05, 4.69) is 29.2 Å². The Kier molecular flexibility index (Phi) is 5.12. The maximum Gasteiger partial charge on any atom is 0.306 e. The van der Waals surface area contributed by atoms with Crippen molar-refractivity contribution in [3.8, 4) is 0 Å². The molecule has 0 aromatic carbocycles. The molecule has 8 heteroatoms. The summed E-state index contributed by atoms with van der Waals surface area (Å²) in [5.74, 6) is -0.0644. The van der Waals surface area contributed by atoms with Gasteiger partial charge < -0.3 is 5.32 Å². The zero-order valence-electron chi connectivity index (χ0n) is 13.1. The lowest BCUT2D eigenvalue weighted by molar-refractivity contribution is -0.385. The van der Waals surface area contributed by atoms with Crippen LogP contribution in [0.25, 0.3) is 0 Å². The van der Waals surface area contributed by atoms with Gasteiger partial charge in [-0.2, -0.15) is 5.10 Å². The Balaban J connectivity index is 1.74. The van der Waals surface area contributed by atoms with Gasteiger partial charge >= 0.3 is 5.69 Å². The van der Waals surface area contributed by atoms with E-state index < -0.39 is 4.92 Å². The minimum Gasteiger partial charge on any atom is -0.354 e. The second-order valence-corrected chi connectivity index (χ2v) is 6.25. The molecule has 0 spiro atoms. The van der Waals surface area contributed by atoms with Crippen LogP contribution >= 0.6 is 0 Å². The number of amides is 1. The highest BCUT2D eigenvalue weighted by molar-refractivity contribution is 5.75. The third-order valence-corrected chi connectivity index (χ3v) is 4.08. The van der Waals surface area contributed by atoms with Crippen LogP contribution in [0.15, 0.2) is 12.4 Å². The van der Waals surface area contributed by atoms with Gasteiger partial charge in [0, 0.05) is 25.0 Å². The fourth-order valence-corrected chi connectivity index (χ4v) is 2.62. The molecule has 0 unspecified atom stereocenters. The first-order chi connectivity index (χ1) is 10.4. The Bertz CT molecular complexity index is 534. The van der Waals surface area contributed by atoms with Crippen molar-refractivity contribution in [2.24, 2.45) is 0 Å². The lowest BCUT2D eigenvalue weighted by Gasteiger charge is -2.35. The monoisotopic (exact) mass is 309 g/mol. The van der Waals surface area contributed by atoms with Crippen molar-refractivity contribution in [2.45, 2.75) is 45.2 Å². The summed E-state index contributed by atoms with van der Waals surface area (Å²) >= 11 is 0. The molecule has 122 valence electrons. The first-order valence-electron chi connectivity index (χ1n) is 7.57. The fourth-order valence-electron chi connectivity index (χ4n) is 2.62. The Labute approximate surface area is 129 Å². The molecule has 0 saturated carbocycles. The second kappa shape index (κ2) is 6.87. The van der Waals surface area contributed by atoms with Gasteiger partial charge in [-0.1, -0.05) is 0 Å². The Morgan fingerprint density at radius 3 is 2.73 bits per heavy atom. The van der Waals surface area contributed by atoms with Gasteiger partial charge in [0.1, 0.15) is 12.4 Å². The third-order valence-electron chi connectivity index (χ3n) is 4.08. The average Bonchev–Trinajstić information content (AvgIpc) is 3.13. The number of aromatic nitrogens is 2. The molecule has 2 heterocycles. The van der Waals surface area contributed by atoms with Crippen LogP contribution in [0, 0.1) is 10.1 Å². The van der Waals surface area contributed by atoms with Gasteiger partial charge in [0.15, 0.2) is 0 Å². The number of aryl methyl sites for hydroxylation is 1. The standard InChI is InChI=1S/C14H23N5O3/c1-14(2,17-6-3-4-7-17)11-15-13(20)5-8-18-10-12(9-16-18)19(21)22/h9-10H,3-8,11H2,1-2H3,(H,15,20). The molecule has 8 nitrogen and oxygen atoms in total. The van der Waals surface area contributed by atoms with Gasteiger partial charge in [-0.15, -0.1) is 0 Å². The summed E-state index contributed by atoms with van der Waals surface area (Å²) in [6.07, 6.45) is 5.22. The van der Waals surface area contributed by atoms with Crippen LogP contribution < -0.4 is 5.32 Å².